The van der Waals surface area contributed by atoms with E-state index in [0.29, 0.717) is 5.76 Å². The summed E-state index contributed by atoms with van der Waals surface area (Å²) in [5.41, 5.74) is 0. The molecule has 0 N–H and O–H groups in total. The Morgan fingerprint density at radius 1 is 1.36 bits per heavy atom. The van der Waals surface area contributed by atoms with Crippen molar-refractivity contribution < 1.29 is 9.34 Å². The Kier molecular flexibility index (Phi) is 4.16. The smallest absolute Gasteiger partial charge is 0.406 e. The Balaban J connectivity index is 2.33. The summed E-state index contributed by atoms with van der Waals surface area (Å²) in [7, 11) is 0. The van der Waals surface area contributed by atoms with Gasteiger partial charge in [0, 0.05) is 6.42 Å². The third-order valence-corrected chi connectivity index (χ3v) is 2.00. The van der Waals surface area contributed by atoms with Crippen LogP contribution in [0, 0.1) is 17.0 Å². The van der Waals surface area contributed by atoms with Gasteiger partial charge in [-0.25, -0.2) is 0 Å². The lowest BCUT2D eigenvalue weighted by Gasteiger charge is -1.95. The zero-order chi connectivity index (χ0) is 10.4. The molecule has 1 rings (SSSR count). The highest BCUT2D eigenvalue weighted by atomic mass is 16.6. The van der Waals surface area contributed by atoms with Crippen molar-refractivity contribution in [3.05, 3.63) is 34.9 Å². The van der Waals surface area contributed by atoms with Crippen LogP contribution in [0.4, 0.5) is 5.88 Å². The molecule has 1 heterocycles. The van der Waals surface area contributed by atoms with E-state index in [4.69, 9.17) is 4.42 Å². The van der Waals surface area contributed by atoms with E-state index < -0.39 is 4.92 Å². The van der Waals surface area contributed by atoms with Crippen molar-refractivity contribution in [3.8, 4) is 0 Å². The molecule has 0 aliphatic carbocycles. The van der Waals surface area contributed by atoms with E-state index in [2.05, 4.69) is 6.92 Å². The number of hydrogen-bond acceptors (Lipinski definition) is 3. The highest BCUT2D eigenvalue weighted by Crippen LogP contribution is 2.17. The van der Waals surface area contributed by atoms with E-state index >= 15 is 0 Å². The second-order valence-corrected chi connectivity index (χ2v) is 3.16. The number of nitro groups is 1. The van der Waals surface area contributed by atoms with Gasteiger partial charge in [0.25, 0.3) is 0 Å². The summed E-state index contributed by atoms with van der Waals surface area (Å²) in [6.45, 7) is 3.74. The Hall–Kier alpha value is -1.32. The van der Waals surface area contributed by atoms with Gasteiger partial charge in [-0.3, -0.25) is 10.1 Å². The van der Waals surface area contributed by atoms with Crippen LogP contribution in [0.5, 0.6) is 0 Å². The molecule has 14 heavy (non-hydrogen) atoms. The number of hydrogen-bond donors (Lipinski definition) is 0. The fraction of sp³-hybridized carbons (Fsp3) is 0.500. The Morgan fingerprint density at radius 3 is 2.71 bits per heavy atom. The van der Waals surface area contributed by atoms with Crippen LogP contribution in [0.25, 0.3) is 0 Å². The average molecular weight is 196 g/mol. The van der Waals surface area contributed by atoms with E-state index in [0.717, 1.165) is 32.1 Å². The summed E-state index contributed by atoms with van der Waals surface area (Å²) in [6, 6.07) is 3.07. The third-order valence-electron chi connectivity index (χ3n) is 2.00. The molecule has 4 nitrogen and oxygen atoms in total. The van der Waals surface area contributed by atoms with E-state index in [-0.39, 0.29) is 5.88 Å². The van der Waals surface area contributed by atoms with Crippen LogP contribution in [0.3, 0.4) is 0 Å². The molecule has 1 radical (unpaired) electrons. The van der Waals surface area contributed by atoms with Gasteiger partial charge in [0.05, 0.1) is 6.07 Å². The minimum Gasteiger partial charge on any atom is -0.406 e. The number of furan rings is 1. The standard InChI is InChI=1S/C10H14NO3/c1-2-3-4-5-6-9-7-8-10(14-9)11(12)13/h7-8H,1-6H2. The highest BCUT2D eigenvalue weighted by molar-refractivity contribution is 5.17. The SMILES string of the molecule is [CH2]CCCCCc1ccc([N+](=O)[O-])o1. The van der Waals surface area contributed by atoms with Crippen LogP contribution in [0.2, 0.25) is 0 Å². The lowest BCUT2D eigenvalue weighted by molar-refractivity contribution is -0.402. The molecule has 1 aromatic rings. The maximum absolute atomic E-state index is 10.3. The van der Waals surface area contributed by atoms with Gasteiger partial charge in [-0.1, -0.05) is 26.2 Å². The van der Waals surface area contributed by atoms with E-state index in [1.165, 1.54) is 6.07 Å². The molecule has 0 aromatic carbocycles. The maximum Gasteiger partial charge on any atom is 0.433 e. The summed E-state index contributed by atoms with van der Waals surface area (Å²) in [5.74, 6) is 0.526. The van der Waals surface area contributed by atoms with Gasteiger partial charge in [0.15, 0.2) is 0 Å². The molecule has 1 aromatic heterocycles. The van der Waals surface area contributed by atoms with Crippen molar-refractivity contribution >= 4 is 5.88 Å². The van der Waals surface area contributed by atoms with E-state index in [9.17, 15) is 10.1 Å². The van der Waals surface area contributed by atoms with Crippen LogP contribution in [0.1, 0.15) is 31.4 Å². The lowest BCUT2D eigenvalue weighted by atomic mass is 10.1. The van der Waals surface area contributed by atoms with Crippen molar-refractivity contribution in [3.63, 3.8) is 0 Å². The van der Waals surface area contributed by atoms with Crippen LogP contribution in [-0.2, 0) is 6.42 Å². The zero-order valence-corrected chi connectivity index (χ0v) is 8.07. The predicted octanol–water partition coefficient (Wildman–Crippen LogP) is 3.12. The summed E-state index contributed by atoms with van der Waals surface area (Å²) >= 11 is 0. The molecular formula is C10H14NO3. The van der Waals surface area contributed by atoms with Crippen LogP contribution < -0.4 is 0 Å². The van der Waals surface area contributed by atoms with Gasteiger partial charge >= 0.3 is 5.88 Å². The molecule has 0 bridgehead atoms. The first-order valence-electron chi connectivity index (χ1n) is 4.76. The first kappa shape index (κ1) is 10.8. The normalized spacial score (nSPS) is 10.4. The van der Waals surface area contributed by atoms with Gasteiger partial charge in [0.1, 0.15) is 10.7 Å². The van der Waals surface area contributed by atoms with Gasteiger partial charge in [-0.05, 0) is 12.5 Å². The summed E-state index contributed by atoms with van der Waals surface area (Å²) < 4.78 is 5.01. The fourth-order valence-electron chi connectivity index (χ4n) is 1.25. The Bertz CT molecular complexity index is 293. The van der Waals surface area contributed by atoms with Crippen molar-refractivity contribution in [2.75, 3.05) is 0 Å². The lowest BCUT2D eigenvalue weighted by Crippen LogP contribution is -1.84. The monoisotopic (exact) mass is 196 g/mol. The first-order chi connectivity index (χ1) is 6.74. The predicted molar refractivity (Wildman–Crippen MR) is 52.9 cm³/mol. The van der Waals surface area contributed by atoms with Crippen LogP contribution in [0.15, 0.2) is 16.5 Å². The highest BCUT2D eigenvalue weighted by Gasteiger charge is 2.10. The fourth-order valence-corrected chi connectivity index (χ4v) is 1.25. The molecule has 0 unspecified atom stereocenters. The molecule has 0 aliphatic heterocycles. The van der Waals surface area contributed by atoms with Crippen LogP contribution >= 0.6 is 0 Å². The van der Waals surface area contributed by atoms with Gasteiger partial charge in [-0.2, -0.15) is 0 Å². The quantitative estimate of drug-likeness (QED) is 0.399. The number of unbranched alkanes of at least 4 members (excludes halogenated alkanes) is 3. The van der Waals surface area contributed by atoms with Crippen molar-refractivity contribution in [1.82, 2.24) is 0 Å². The Labute approximate surface area is 83.1 Å². The molecule has 77 valence electrons. The van der Waals surface area contributed by atoms with Gasteiger partial charge < -0.3 is 4.42 Å². The molecule has 0 fully saturated rings. The number of aryl methyl sites for hydroxylation is 1. The summed E-state index contributed by atoms with van der Waals surface area (Å²) in [5, 5.41) is 10.3. The topological polar surface area (TPSA) is 56.3 Å². The van der Waals surface area contributed by atoms with E-state index in [1.807, 2.05) is 0 Å². The molecular weight excluding hydrogens is 182 g/mol. The second kappa shape index (κ2) is 5.42. The van der Waals surface area contributed by atoms with Crippen molar-refractivity contribution in [2.24, 2.45) is 0 Å². The summed E-state index contributed by atoms with van der Waals surface area (Å²) in [4.78, 5) is 9.78. The van der Waals surface area contributed by atoms with Gasteiger partial charge in [-0.15, -0.1) is 0 Å². The van der Waals surface area contributed by atoms with E-state index in [1.54, 1.807) is 6.07 Å². The molecule has 0 saturated heterocycles. The molecule has 4 heteroatoms. The first-order valence-corrected chi connectivity index (χ1v) is 4.76. The van der Waals surface area contributed by atoms with Crippen molar-refractivity contribution in [1.29, 1.82) is 0 Å². The zero-order valence-electron chi connectivity index (χ0n) is 8.07. The molecule has 0 spiro atoms. The minimum atomic E-state index is -0.514. The number of nitrogens with zero attached hydrogens (tertiary/aromatic N) is 1. The van der Waals surface area contributed by atoms with Crippen LogP contribution in [-0.4, -0.2) is 4.92 Å². The largest absolute Gasteiger partial charge is 0.433 e. The molecule has 0 amide bonds. The average Bonchev–Trinajstić information content (AvgIpc) is 2.61. The molecule has 0 aliphatic rings. The molecule has 0 atom stereocenters. The molecule has 0 saturated carbocycles. The second-order valence-electron chi connectivity index (χ2n) is 3.16. The third kappa shape index (κ3) is 3.20. The maximum atomic E-state index is 10.3. The minimum absolute atomic E-state index is 0.169. The van der Waals surface area contributed by atoms with Crippen molar-refractivity contribution in [2.45, 2.75) is 32.1 Å². The van der Waals surface area contributed by atoms with Gasteiger partial charge in [0.2, 0.25) is 0 Å². The number of rotatable bonds is 6. The Morgan fingerprint density at radius 2 is 2.14 bits per heavy atom. The summed E-state index contributed by atoms with van der Waals surface area (Å²) in [6.07, 6.45) is 4.91.